The van der Waals surface area contributed by atoms with Crippen molar-refractivity contribution < 1.29 is 9.84 Å². The van der Waals surface area contributed by atoms with Crippen molar-refractivity contribution in [3.63, 3.8) is 0 Å². The topological polar surface area (TPSA) is 47.3 Å². The summed E-state index contributed by atoms with van der Waals surface area (Å²) < 4.78 is 7.72. The molecule has 0 radical (unpaired) electrons. The van der Waals surface area contributed by atoms with Crippen LogP contribution in [0.3, 0.4) is 0 Å². The Morgan fingerprint density at radius 2 is 2.05 bits per heavy atom. The fourth-order valence-electron chi connectivity index (χ4n) is 1.92. The highest BCUT2D eigenvalue weighted by Crippen LogP contribution is 2.19. The van der Waals surface area contributed by atoms with Gasteiger partial charge in [0.1, 0.15) is 18.2 Å². The summed E-state index contributed by atoms with van der Waals surface area (Å²) in [6.07, 6.45) is 4.07. The van der Waals surface area contributed by atoms with Crippen LogP contribution >= 0.6 is 0 Å². The second kappa shape index (κ2) is 6.38. The molecule has 1 atom stereocenters. The monoisotopic (exact) mass is 260 g/mol. The first-order chi connectivity index (χ1) is 9.20. The van der Waals surface area contributed by atoms with Crippen molar-refractivity contribution in [1.82, 2.24) is 9.55 Å². The Bertz CT molecular complexity index is 505. The number of benzene rings is 1. The molecule has 0 aliphatic heterocycles. The van der Waals surface area contributed by atoms with E-state index in [1.165, 1.54) is 0 Å². The summed E-state index contributed by atoms with van der Waals surface area (Å²) in [5, 5.41) is 9.70. The van der Waals surface area contributed by atoms with E-state index >= 15 is 0 Å². The lowest BCUT2D eigenvalue weighted by Crippen LogP contribution is -2.08. The van der Waals surface area contributed by atoms with Gasteiger partial charge in [-0.05, 0) is 31.0 Å². The predicted molar refractivity (Wildman–Crippen MR) is 74.2 cm³/mol. The maximum Gasteiger partial charge on any atom is 0.119 e. The summed E-state index contributed by atoms with van der Waals surface area (Å²) in [6, 6.07) is 7.61. The Hall–Kier alpha value is -1.81. The standard InChI is InChI=1S/C15H20N2O2/c1-3-15(18)13-4-6-14(7-5-13)19-11-10-17-9-8-16-12(17)2/h4-9,15,18H,3,10-11H2,1-2H3. The number of nitrogens with zero attached hydrogens (tertiary/aromatic N) is 2. The van der Waals surface area contributed by atoms with Crippen molar-refractivity contribution in [2.24, 2.45) is 0 Å². The highest BCUT2D eigenvalue weighted by atomic mass is 16.5. The SMILES string of the molecule is CCC(O)c1ccc(OCCn2ccnc2C)cc1. The Balaban J connectivity index is 1.85. The number of imidazole rings is 1. The first kappa shape index (κ1) is 13.6. The van der Waals surface area contributed by atoms with Crippen LogP contribution in [0, 0.1) is 6.92 Å². The molecule has 1 aromatic carbocycles. The summed E-state index contributed by atoms with van der Waals surface area (Å²) in [6.45, 7) is 5.32. The molecule has 102 valence electrons. The van der Waals surface area contributed by atoms with E-state index in [9.17, 15) is 5.11 Å². The predicted octanol–water partition coefficient (Wildman–Crippen LogP) is 2.71. The van der Waals surface area contributed by atoms with E-state index in [0.29, 0.717) is 6.61 Å². The number of hydrogen-bond donors (Lipinski definition) is 1. The Morgan fingerprint density at radius 1 is 1.32 bits per heavy atom. The molecule has 0 bridgehead atoms. The molecule has 0 amide bonds. The van der Waals surface area contributed by atoms with Crippen molar-refractivity contribution in [2.75, 3.05) is 6.61 Å². The van der Waals surface area contributed by atoms with Crippen LogP contribution in [0.1, 0.15) is 30.8 Å². The molecule has 4 nitrogen and oxygen atoms in total. The molecule has 4 heteroatoms. The molecule has 1 heterocycles. The van der Waals surface area contributed by atoms with Gasteiger partial charge in [0.2, 0.25) is 0 Å². The van der Waals surface area contributed by atoms with Gasteiger partial charge in [0.05, 0.1) is 12.6 Å². The molecule has 0 fully saturated rings. The molecule has 2 rings (SSSR count). The zero-order valence-corrected chi connectivity index (χ0v) is 11.4. The van der Waals surface area contributed by atoms with Crippen LogP contribution in [-0.2, 0) is 6.54 Å². The number of rotatable bonds is 6. The van der Waals surface area contributed by atoms with Crippen LogP contribution in [-0.4, -0.2) is 21.3 Å². The largest absolute Gasteiger partial charge is 0.492 e. The van der Waals surface area contributed by atoms with Gasteiger partial charge in [-0.1, -0.05) is 19.1 Å². The number of ether oxygens (including phenoxy) is 1. The van der Waals surface area contributed by atoms with E-state index in [0.717, 1.165) is 30.1 Å². The molecule has 1 unspecified atom stereocenters. The fraction of sp³-hybridized carbons (Fsp3) is 0.400. The summed E-state index contributed by atoms with van der Waals surface area (Å²) in [5.74, 6) is 1.81. The van der Waals surface area contributed by atoms with Crippen LogP contribution in [0.2, 0.25) is 0 Å². The third-order valence-corrected chi connectivity index (χ3v) is 3.18. The van der Waals surface area contributed by atoms with Gasteiger partial charge in [0, 0.05) is 12.4 Å². The smallest absolute Gasteiger partial charge is 0.119 e. The molecule has 0 saturated heterocycles. The third kappa shape index (κ3) is 3.58. The number of aromatic nitrogens is 2. The van der Waals surface area contributed by atoms with Gasteiger partial charge in [0.25, 0.3) is 0 Å². The Labute approximate surface area is 113 Å². The van der Waals surface area contributed by atoms with Crippen LogP contribution in [0.25, 0.3) is 0 Å². The van der Waals surface area contributed by atoms with E-state index in [1.807, 2.05) is 44.3 Å². The summed E-state index contributed by atoms with van der Waals surface area (Å²) >= 11 is 0. The average molecular weight is 260 g/mol. The first-order valence-corrected chi connectivity index (χ1v) is 6.59. The minimum Gasteiger partial charge on any atom is -0.492 e. The molecule has 1 N–H and O–H groups in total. The third-order valence-electron chi connectivity index (χ3n) is 3.18. The number of aryl methyl sites for hydroxylation is 1. The number of hydrogen-bond acceptors (Lipinski definition) is 3. The molecule has 19 heavy (non-hydrogen) atoms. The molecule has 2 aromatic rings. The van der Waals surface area contributed by atoms with Gasteiger partial charge in [0.15, 0.2) is 0 Å². The lowest BCUT2D eigenvalue weighted by molar-refractivity contribution is 0.173. The molecule has 1 aromatic heterocycles. The molecule has 0 spiro atoms. The minimum absolute atomic E-state index is 0.386. The van der Waals surface area contributed by atoms with Crippen LogP contribution in [0.5, 0.6) is 5.75 Å². The molecule has 0 aliphatic rings. The Kier molecular flexibility index (Phi) is 4.58. The molecular weight excluding hydrogens is 240 g/mol. The molecular formula is C15H20N2O2. The van der Waals surface area contributed by atoms with Gasteiger partial charge in [-0.2, -0.15) is 0 Å². The second-order valence-electron chi connectivity index (χ2n) is 4.51. The van der Waals surface area contributed by atoms with Crippen molar-refractivity contribution >= 4 is 0 Å². The maximum absolute atomic E-state index is 9.70. The summed E-state index contributed by atoms with van der Waals surface area (Å²) in [4.78, 5) is 4.16. The average Bonchev–Trinajstić information content (AvgIpc) is 2.84. The molecule has 0 saturated carbocycles. The summed E-state index contributed by atoms with van der Waals surface area (Å²) in [5.41, 5.74) is 0.931. The van der Waals surface area contributed by atoms with Crippen LogP contribution in [0.15, 0.2) is 36.7 Å². The van der Waals surface area contributed by atoms with Crippen LogP contribution < -0.4 is 4.74 Å². The van der Waals surface area contributed by atoms with Crippen LogP contribution in [0.4, 0.5) is 0 Å². The van der Waals surface area contributed by atoms with Gasteiger partial charge >= 0.3 is 0 Å². The molecule has 0 aliphatic carbocycles. The van der Waals surface area contributed by atoms with Crippen molar-refractivity contribution in [2.45, 2.75) is 32.9 Å². The number of aliphatic hydroxyl groups is 1. The quantitative estimate of drug-likeness (QED) is 0.868. The van der Waals surface area contributed by atoms with Gasteiger partial charge < -0.3 is 14.4 Å². The number of aliphatic hydroxyl groups excluding tert-OH is 1. The van der Waals surface area contributed by atoms with Crippen molar-refractivity contribution in [1.29, 1.82) is 0 Å². The van der Waals surface area contributed by atoms with E-state index in [4.69, 9.17) is 4.74 Å². The van der Waals surface area contributed by atoms with E-state index in [2.05, 4.69) is 9.55 Å². The zero-order valence-electron chi connectivity index (χ0n) is 11.4. The Morgan fingerprint density at radius 3 is 2.63 bits per heavy atom. The van der Waals surface area contributed by atoms with Gasteiger partial charge in [-0.3, -0.25) is 0 Å². The lowest BCUT2D eigenvalue weighted by Gasteiger charge is -2.11. The lowest BCUT2D eigenvalue weighted by atomic mass is 10.1. The second-order valence-corrected chi connectivity index (χ2v) is 4.51. The van der Waals surface area contributed by atoms with E-state index in [1.54, 1.807) is 6.20 Å². The zero-order chi connectivity index (χ0) is 13.7. The normalized spacial score (nSPS) is 12.4. The fourth-order valence-corrected chi connectivity index (χ4v) is 1.92. The van der Waals surface area contributed by atoms with E-state index in [-0.39, 0.29) is 6.10 Å². The highest BCUT2D eigenvalue weighted by molar-refractivity contribution is 5.28. The van der Waals surface area contributed by atoms with E-state index < -0.39 is 0 Å². The van der Waals surface area contributed by atoms with Gasteiger partial charge in [-0.25, -0.2) is 4.98 Å². The van der Waals surface area contributed by atoms with Crippen molar-refractivity contribution in [3.8, 4) is 5.75 Å². The van der Waals surface area contributed by atoms with Crippen molar-refractivity contribution in [3.05, 3.63) is 48.0 Å². The highest BCUT2D eigenvalue weighted by Gasteiger charge is 2.04. The maximum atomic E-state index is 9.70. The minimum atomic E-state index is -0.386. The first-order valence-electron chi connectivity index (χ1n) is 6.59. The van der Waals surface area contributed by atoms with Gasteiger partial charge in [-0.15, -0.1) is 0 Å². The summed E-state index contributed by atoms with van der Waals surface area (Å²) in [7, 11) is 0.